The van der Waals surface area contributed by atoms with Crippen molar-refractivity contribution in [2.75, 3.05) is 6.54 Å². The molecule has 0 fully saturated rings. The van der Waals surface area contributed by atoms with Crippen LogP contribution < -0.4 is 0 Å². The van der Waals surface area contributed by atoms with E-state index in [0.29, 0.717) is 30.2 Å². The number of benzene rings is 1. The summed E-state index contributed by atoms with van der Waals surface area (Å²) in [6.45, 7) is 4.59. The van der Waals surface area contributed by atoms with Gasteiger partial charge >= 0.3 is 0 Å². The average Bonchev–Trinajstić information content (AvgIpc) is 3.28. The molecule has 3 heterocycles. The van der Waals surface area contributed by atoms with Crippen LogP contribution in [0.5, 0.6) is 0 Å². The largest absolute Gasteiger partial charge is 0.334 e. The summed E-state index contributed by atoms with van der Waals surface area (Å²) in [6, 6.07) is 8.38. The molecule has 168 valence electrons. The molecule has 0 bridgehead atoms. The Balaban J connectivity index is 1.56. The predicted octanol–water partition coefficient (Wildman–Crippen LogP) is 4.23. The second-order valence-electron chi connectivity index (χ2n) is 7.52. The van der Waals surface area contributed by atoms with E-state index in [1.807, 2.05) is 13.8 Å². The first-order chi connectivity index (χ1) is 16.0. The molecule has 3 aromatic heterocycles. The van der Waals surface area contributed by atoms with E-state index in [0.717, 1.165) is 11.8 Å². The summed E-state index contributed by atoms with van der Waals surface area (Å²) in [4.78, 5) is 27.6. The van der Waals surface area contributed by atoms with Crippen LogP contribution in [0.4, 0.5) is 8.78 Å². The number of rotatable bonds is 7. The maximum absolute atomic E-state index is 14.1. The van der Waals surface area contributed by atoms with Crippen molar-refractivity contribution in [3.8, 4) is 22.6 Å². The molecule has 1 amide bonds. The molecule has 1 aromatic carbocycles. The Morgan fingerprint density at radius 2 is 1.82 bits per heavy atom. The zero-order chi connectivity index (χ0) is 23.4. The first-order valence-corrected chi connectivity index (χ1v) is 10.5. The number of amides is 1. The van der Waals surface area contributed by atoms with Gasteiger partial charge in [0.2, 0.25) is 0 Å². The number of carbonyl (C=O) groups is 1. The molecule has 0 saturated carbocycles. The number of hydrogen-bond donors (Lipinski definition) is 0. The highest BCUT2D eigenvalue weighted by Crippen LogP contribution is 2.24. The third-order valence-corrected chi connectivity index (χ3v) is 5.26. The summed E-state index contributed by atoms with van der Waals surface area (Å²) >= 11 is 0. The highest BCUT2D eigenvalue weighted by Gasteiger charge is 2.24. The minimum atomic E-state index is -0.509. The van der Waals surface area contributed by atoms with Crippen LogP contribution in [0.3, 0.4) is 0 Å². The van der Waals surface area contributed by atoms with E-state index in [9.17, 15) is 13.6 Å². The first kappa shape index (κ1) is 22.2. The van der Waals surface area contributed by atoms with E-state index in [2.05, 4.69) is 20.1 Å². The highest BCUT2D eigenvalue weighted by molar-refractivity contribution is 6.00. The summed E-state index contributed by atoms with van der Waals surface area (Å²) in [7, 11) is 0. The van der Waals surface area contributed by atoms with Crippen molar-refractivity contribution in [2.24, 2.45) is 0 Å². The molecule has 4 rings (SSSR count). The topological polar surface area (TPSA) is 76.8 Å². The van der Waals surface area contributed by atoms with Gasteiger partial charge in [-0.25, -0.2) is 18.7 Å². The quantitative estimate of drug-likeness (QED) is 0.423. The van der Waals surface area contributed by atoms with Gasteiger partial charge in [-0.3, -0.25) is 14.5 Å². The second kappa shape index (κ2) is 9.64. The van der Waals surface area contributed by atoms with Gasteiger partial charge in [-0.15, -0.1) is 0 Å². The second-order valence-corrected chi connectivity index (χ2v) is 7.52. The lowest BCUT2D eigenvalue weighted by atomic mass is 10.0. The number of aromatic nitrogens is 5. The molecule has 0 aliphatic rings. The Morgan fingerprint density at radius 1 is 1.06 bits per heavy atom. The molecule has 0 saturated heterocycles. The van der Waals surface area contributed by atoms with Gasteiger partial charge in [0.25, 0.3) is 5.91 Å². The average molecular weight is 448 g/mol. The van der Waals surface area contributed by atoms with Crippen LogP contribution in [0.1, 0.15) is 24.2 Å². The fraction of sp³-hybridized carbons (Fsp3) is 0.208. The van der Waals surface area contributed by atoms with Crippen molar-refractivity contribution < 1.29 is 13.6 Å². The standard InChI is InChI=1S/C24H22F2N6O/c1-3-32(16(2)14-31-15-17(12-30-31)22-8-6-19(26)13-29-22)24(33)21-11-18(25)5-7-20(21)23-27-9-4-10-28-23/h4-13,15-16H,3,14H2,1-2H3/t16-/m0/s1. The van der Waals surface area contributed by atoms with Gasteiger partial charge in [0, 0.05) is 42.3 Å². The molecule has 0 radical (unpaired) electrons. The lowest BCUT2D eigenvalue weighted by Gasteiger charge is -2.28. The van der Waals surface area contributed by atoms with Crippen LogP contribution in [0.25, 0.3) is 22.6 Å². The van der Waals surface area contributed by atoms with Gasteiger partial charge in [-0.05, 0) is 50.2 Å². The van der Waals surface area contributed by atoms with E-state index in [-0.39, 0.29) is 17.5 Å². The molecule has 0 N–H and O–H groups in total. The van der Waals surface area contributed by atoms with Crippen molar-refractivity contribution in [2.45, 2.75) is 26.4 Å². The Kier molecular flexibility index (Phi) is 6.48. The molecule has 33 heavy (non-hydrogen) atoms. The fourth-order valence-corrected chi connectivity index (χ4v) is 3.65. The molecular weight excluding hydrogens is 426 g/mol. The van der Waals surface area contributed by atoms with Gasteiger partial charge in [0.05, 0.1) is 30.2 Å². The third-order valence-electron chi connectivity index (χ3n) is 5.26. The minimum Gasteiger partial charge on any atom is -0.334 e. The number of pyridine rings is 1. The van der Waals surface area contributed by atoms with Crippen molar-refractivity contribution in [3.63, 3.8) is 0 Å². The molecule has 4 aromatic rings. The van der Waals surface area contributed by atoms with Crippen molar-refractivity contribution in [3.05, 3.63) is 84.6 Å². The maximum Gasteiger partial charge on any atom is 0.255 e. The van der Waals surface area contributed by atoms with Crippen LogP contribution >= 0.6 is 0 Å². The molecule has 1 atom stereocenters. The maximum atomic E-state index is 14.1. The van der Waals surface area contributed by atoms with Gasteiger partial charge in [0.1, 0.15) is 11.6 Å². The Hall–Kier alpha value is -4.01. The fourth-order valence-electron chi connectivity index (χ4n) is 3.65. The lowest BCUT2D eigenvalue weighted by Crippen LogP contribution is -2.41. The number of carbonyl (C=O) groups excluding carboxylic acids is 1. The number of hydrogen-bond acceptors (Lipinski definition) is 5. The van der Waals surface area contributed by atoms with Gasteiger partial charge in [-0.1, -0.05) is 0 Å². The molecular formula is C24H22F2N6O. The molecule has 0 aliphatic carbocycles. The summed E-state index contributed by atoms with van der Waals surface area (Å²) in [5, 5.41) is 4.35. The summed E-state index contributed by atoms with van der Waals surface area (Å²) in [5.74, 6) is -0.882. The number of likely N-dealkylation sites (N-methyl/N-ethyl adjacent to an activating group) is 1. The number of halogens is 2. The van der Waals surface area contributed by atoms with Crippen LogP contribution in [0.15, 0.2) is 67.4 Å². The van der Waals surface area contributed by atoms with Crippen molar-refractivity contribution >= 4 is 5.91 Å². The van der Waals surface area contributed by atoms with Crippen LogP contribution in [-0.4, -0.2) is 48.1 Å². The summed E-state index contributed by atoms with van der Waals surface area (Å²) < 4.78 is 28.9. The van der Waals surface area contributed by atoms with Crippen LogP contribution in [0.2, 0.25) is 0 Å². The lowest BCUT2D eigenvalue weighted by molar-refractivity contribution is 0.0685. The predicted molar refractivity (Wildman–Crippen MR) is 119 cm³/mol. The minimum absolute atomic E-state index is 0.201. The van der Waals surface area contributed by atoms with Gasteiger partial charge in [-0.2, -0.15) is 5.10 Å². The molecule has 0 unspecified atom stereocenters. The van der Waals surface area contributed by atoms with Crippen molar-refractivity contribution in [1.82, 2.24) is 29.6 Å². The Labute approximate surface area is 189 Å². The zero-order valence-electron chi connectivity index (χ0n) is 18.2. The zero-order valence-corrected chi connectivity index (χ0v) is 18.2. The van der Waals surface area contributed by atoms with E-state index in [1.165, 1.54) is 24.3 Å². The first-order valence-electron chi connectivity index (χ1n) is 10.5. The van der Waals surface area contributed by atoms with Crippen molar-refractivity contribution in [1.29, 1.82) is 0 Å². The third kappa shape index (κ3) is 4.92. The summed E-state index contributed by atoms with van der Waals surface area (Å²) in [5.41, 5.74) is 2.01. The monoisotopic (exact) mass is 448 g/mol. The molecule has 7 nitrogen and oxygen atoms in total. The molecule has 0 aliphatic heterocycles. The van der Waals surface area contributed by atoms with E-state index in [4.69, 9.17) is 0 Å². The van der Waals surface area contributed by atoms with E-state index >= 15 is 0 Å². The van der Waals surface area contributed by atoms with Gasteiger partial charge < -0.3 is 4.90 Å². The van der Waals surface area contributed by atoms with Crippen LogP contribution in [-0.2, 0) is 6.54 Å². The highest BCUT2D eigenvalue weighted by atomic mass is 19.1. The van der Waals surface area contributed by atoms with Gasteiger partial charge in [0.15, 0.2) is 5.82 Å². The SMILES string of the molecule is CCN(C(=O)c1cc(F)ccc1-c1ncccn1)[C@@H](C)Cn1cc(-c2ccc(F)cn2)cn1. The normalized spacial score (nSPS) is 11.9. The number of nitrogens with zero attached hydrogens (tertiary/aromatic N) is 6. The smallest absolute Gasteiger partial charge is 0.255 e. The van der Waals surface area contributed by atoms with Crippen LogP contribution in [0, 0.1) is 11.6 Å². The summed E-state index contributed by atoms with van der Waals surface area (Å²) in [6.07, 6.45) is 7.74. The van der Waals surface area contributed by atoms with E-state index < -0.39 is 11.6 Å². The van der Waals surface area contributed by atoms with E-state index in [1.54, 1.807) is 46.5 Å². The Morgan fingerprint density at radius 3 is 2.52 bits per heavy atom. The molecule has 9 heteroatoms. The molecule has 0 spiro atoms. The Bertz CT molecular complexity index is 1240.